The molecule has 0 aliphatic heterocycles. The highest BCUT2D eigenvalue weighted by Crippen LogP contribution is 2.28. The van der Waals surface area contributed by atoms with E-state index in [1.807, 2.05) is 54.6 Å². The zero-order valence-electron chi connectivity index (χ0n) is 16.7. The summed E-state index contributed by atoms with van der Waals surface area (Å²) in [4.78, 5) is 24.0. The number of nitriles is 1. The number of hydrogen-bond donors (Lipinski definition) is 1. The van der Waals surface area contributed by atoms with Crippen LogP contribution in [-0.4, -0.2) is 15.0 Å². The second-order valence-corrected chi connectivity index (χ2v) is 7.60. The summed E-state index contributed by atoms with van der Waals surface area (Å²) in [5, 5.41) is 11.4. The molecule has 5 nitrogen and oxygen atoms in total. The van der Waals surface area contributed by atoms with Gasteiger partial charge < -0.3 is 4.98 Å². The van der Waals surface area contributed by atoms with Crippen LogP contribution in [-0.2, 0) is 0 Å². The maximum Gasteiger partial charge on any atom is 0.259 e. The van der Waals surface area contributed by atoms with Gasteiger partial charge in [0.1, 0.15) is 11.2 Å². The predicted molar refractivity (Wildman–Crippen MR) is 128 cm³/mol. The number of aromatic amines is 1. The Morgan fingerprint density at radius 1 is 0.906 bits per heavy atom. The number of nitrogens with one attached hydrogen (secondary N) is 1. The third-order valence-electron chi connectivity index (χ3n) is 5.19. The molecule has 0 atom stereocenters. The molecule has 0 fully saturated rings. The monoisotopic (exact) mass is 434 g/mol. The van der Waals surface area contributed by atoms with Gasteiger partial charge in [0.15, 0.2) is 5.82 Å². The van der Waals surface area contributed by atoms with Crippen molar-refractivity contribution in [2.45, 2.75) is 0 Å². The molecular weight excluding hydrogens is 420 g/mol. The fourth-order valence-corrected chi connectivity index (χ4v) is 3.80. The maximum atomic E-state index is 12.4. The first-order chi connectivity index (χ1) is 15.6. The number of hydrogen-bond acceptors (Lipinski definition) is 4. The largest absolute Gasteiger partial charge is 0.305 e. The number of pyridine rings is 1. The van der Waals surface area contributed by atoms with Gasteiger partial charge in [0.25, 0.3) is 5.56 Å². The molecule has 0 bridgehead atoms. The number of benzene rings is 3. The highest BCUT2D eigenvalue weighted by Gasteiger charge is 2.11. The summed E-state index contributed by atoms with van der Waals surface area (Å²) >= 11 is 6.42. The molecule has 5 aromatic rings. The number of rotatable bonds is 3. The average Bonchev–Trinajstić information content (AvgIpc) is 2.83. The molecule has 2 aromatic heterocycles. The number of nitrogens with zero attached hydrogens (tertiary/aromatic N) is 3. The van der Waals surface area contributed by atoms with Crippen molar-refractivity contribution >= 4 is 45.1 Å². The lowest BCUT2D eigenvalue weighted by atomic mass is 10.0. The molecule has 3 aromatic carbocycles. The van der Waals surface area contributed by atoms with E-state index < -0.39 is 0 Å². The van der Waals surface area contributed by atoms with Crippen molar-refractivity contribution in [3.8, 4) is 17.2 Å². The zero-order chi connectivity index (χ0) is 22.1. The van der Waals surface area contributed by atoms with Crippen LogP contribution in [0, 0.1) is 11.3 Å². The van der Waals surface area contributed by atoms with E-state index in [1.54, 1.807) is 30.3 Å². The van der Waals surface area contributed by atoms with Crippen LogP contribution in [0.3, 0.4) is 0 Å². The topological polar surface area (TPSA) is 82.4 Å². The fourth-order valence-electron chi connectivity index (χ4n) is 3.60. The van der Waals surface area contributed by atoms with Crippen molar-refractivity contribution in [1.82, 2.24) is 15.0 Å². The molecule has 32 heavy (non-hydrogen) atoms. The maximum absolute atomic E-state index is 12.4. The molecular formula is C26H15ClN4O. The third-order valence-corrected chi connectivity index (χ3v) is 5.49. The Bertz CT molecular complexity index is 1610. The van der Waals surface area contributed by atoms with E-state index in [-0.39, 0.29) is 22.1 Å². The van der Waals surface area contributed by atoms with Gasteiger partial charge in [-0.3, -0.25) is 4.79 Å². The molecule has 1 N–H and O–H groups in total. The van der Waals surface area contributed by atoms with E-state index in [0.717, 1.165) is 22.0 Å². The summed E-state index contributed by atoms with van der Waals surface area (Å²) in [5.74, 6) is 0.186. The summed E-state index contributed by atoms with van der Waals surface area (Å²) < 4.78 is 0. The Balaban J connectivity index is 1.63. The highest BCUT2D eigenvalue weighted by molar-refractivity contribution is 6.31. The van der Waals surface area contributed by atoms with Crippen LogP contribution in [0.15, 0.2) is 83.7 Å². The first-order valence-electron chi connectivity index (χ1n) is 9.89. The number of aromatic nitrogens is 3. The third kappa shape index (κ3) is 3.64. The second kappa shape index (κ2) is 8.10. The SMILES string of the molecule is N#CC(=Cc1cc2cc(-c3ccccc3)ccc2nc1Cl)c1nc2ccccc2c(=O)[nH]1. The van der Waals surface area contributed by atoms with E-state index in [1.165, 1.54) is 0 Å². The minimum absolute atomic E-state index is 0.186. The Labute approximate surface area is 188 Å². The summed E-state index contributed by atoms with van der Waals surface area (Å²) in [6.45, 7) is 0. The van der Waals surface area contributed by atoms with Crippen molar-refractivity contribution in [3.05, 3.63) is 106 Å². The van der Waals surface area contributed by atoms with E-state index >= 15 is 0 Å². The molecule has 0 spiro atoms. The molecule has 6 heteroatoms. The van der Waals surface area contributed by atoms with Crippen LogP contribution in [0.1, 0.15) is 11.4 Å². The van der Waals surface area contributed by atoms with Crippen molar-refractivity contribution in [2.75, 3.05) is 0 Å². The van der Waals surface area contributed by atoms with Gasteiger partial charge in [-0.15, -0.1) is 0 Å². The van der Waals surface area contributed by atoms with Gasteiger partial charge in [0.2, 0.25) is 0 Å². The average molecular weight is 435 g/mol. The van der Waals surface area contributed by atoms with Gasteiger partial charge in [0, 0.05) is 10.9 Å². The highest BCUT2D eigenvalue weighted by atomic mass is 35.5. The summed E-state index contributed by atoms with van der Waals surface area (Å²) in [7, 11) is 0. The second-order valence-electron chi connectivity index (χ2n) is 7.24. The van der Waals surface area contributed by atoms with Crippen molar-refractivity contribution in [2.24, 2.45) is 0 Å². The minimum Gasteiger partial charge on any atom is -0.305 e. The van der Waals surface area contributed by atoms with Gasteiger partial charge in [-0.25, -0.2) is 9.97 Å². The molecule has 5 rings (SSSR count). The van der Waals surface area contributed by atoms with Crippen LogP contribution in [0.2, 0.25) is 5.15 Å². The van der Waals surface area contributed by atoms with Crippen LogP contribution < -0.4 is 5.56 Å². The summed E-state index contributed by atoms with van der Waals surface area (Å²) in [6.07, 6.45) is 1.59. The molecule has 2 heterocycles. The van der Waals surface area contributed by atoms with Gasteiger partial charge in [-0.1, -0.05) is 60.1 Å². The molecule has 152 valence electrons. The lowest BCUT2D eigenvalue weighted by molar-refractivity contribution is 1.13. The van der Waals surface area contributed by atoms with Crippen LogP contribution in [0.25, 0.3) is 44.6 Å². The van der Waals surface area contributed by atoms with E-state index in [0.29, 0.717) is 16.5 Å². The molecule has 0 saturated heterocycles. The lowest BCUT2D eigenvalue weighted by Gasteiger charge is -2.07. The van der Waals surface area contributed by atoms with Crippen molar-refractivity contribution in [3.63, 3.8) is 0 Å². The Morgan fingerprint density at radius 2 is 1.69 bits per heavy atom. The molecule has 0 unspecified atom stereocenters. The fraction of sp³-hybridized carbons (Fsp3) is 0. The Morgan fingerprint density at radius 3 is 2.50 bits per heavy atom. The summed E-state index contributed by atoms with van der Waals surface area (Å²) in [5.41, 5.74) is 3.87. The van der Waals surface area contributed by atoms with E-state index in [9.17, 15) is 10.1 Å². The molecule has 0 amide bonds. The van der Waals surface area contributed by atoms with Crippen LogP contribution >= 0.6 is 11.6 Å². The number of fused-ring (bicyclic) bond motifs is 2. The molecule has 0 radical (unpaired) electrons. The Kier molecular flexibility index (Phi) is 4.98. The standard InChI is InChI=1S/C26H15ClN4O/c27-24-19(13-18-12-17(10-11-22(18)29-24)16-6-2-1-3-7-16)14-20(15-28)25-30-23-9-5-4-8-21(23)26(32)31-25/h1-14H,(H,30,31,32). The van der Waals surface area contributed by atoms with Gasteiger partial charge in [-0.05, 0) is 47.5 Å². The Hall–Kier alpha value is -4.27. The number of H-pyrrole nitrogens is 1. The molecule has 0 aliphatic carbocycles. The first-order valence-corrected chi connectivity index (χ1v) is 10.3. The van der Waals surface area contributed by atoms with Gasteiger partial charge >= 0.3 is 0 Å². The quantitative estimate of drug-likeness (QED) is 0.285. The van der Waals surface area contributed by atoms with Crippen LogP contribution in [0.5, 0.6) is 0 Å². The number of halogens is 1. The van der Waals surface area contributed by atoms with Gasteiger partial charge in [0.05, 0.1) is 22.0 Å². The van der Waals surface area contributed by atoms with Crippen molar-refractivity contribution in [1.29, 1.82) is 5.26 Å². The van der Waals surface area contributed by atoms with Gasteiger partial charge in [-0.2, -0.15) is 5.26 Å². The first kappa shape index (κ1) is 19.7. The predicted octanol–water partition coefficient (Wildman–Crippen LogP) is 5.86. The minimum atomic E-state index is -0.304. The lowest BCUT2D eigenvalue weighted by Crippen LogP contribution is -2.11. The van der Waals surface area contributed by atoms with Crippen molar-refractivity contribution < 1.29 is 0 Å². The molecule has 0 saturated carbocycles. The van der Waals surface area contributed by atoms with Crippen LogP contribution in [0.4, 0.5) is 0 Å². The molecule has 0 aliphatic rings. The smallest absolute Gasteiger partial charge is 0.259 e. The van der Waals surface area contributed by atoms with E-state index in [2.05, 4.69) is 21.0 Å². The number of allylic oxidation sites excluding steroid dienone is 1. The van der Waals surface area contributed by atoms with E-state index in [4.69, 9.17) is 11.6 Å². The normalized spacial score (nSPS) is 11.6. The zero-order valence-corrected chi connectivity index (χ0v) is 17.5. The summed E-state index contributed by atoms with van der Waals surface area (Å²) in [6, 6.07) is 27.0. The number of para-hydroxylation sites is 1.